The number of hydrogen-bond acceptors (Lipinski definition) is 2. The van der Waals surface area contributed by atoms with Gasteiger partial charge in [-0.2, -0.15) is 0 Å². The molecule has 3 aromatic heterocycles. The molecule has 2 N–H and O–H groups in total. The lowest BCUT2D eigenvalue weighted by Gasteiger charge is -2.39. The first kappa shape index (κ1) is 31.6. The zero-order valence-corrected chi connectivity index (χ0v) is 29.6. The van der Waals surface area contributed by atoms with Crippen molar-refractivity contribution in [3.05, 3.63) is 71.3 Å². The lowest BCUT2D eigenvalue weighted by molar-refractivity contribution is 0.410. The number of quaternary nitrogens is 4. The smallest absolute Gasteiger partial charge is 0.262 e. The standard InChI is InChI=1S/C38H50N8/c1-43(2,3)34-24-31(36(44(4,5)6)38(46(10,11)12)37(34)45(7,8)9)35-32-19-17-29(41-32)22-27-15-13-25(39-27)21-26-14-16-28(40-26)23-30-18-20-33(35)42-30/h13-24,39,42H,1-12H3/q+4. The molecule has 0 aliphatic carbocycles. The Morgan fingerprint density at radius 3 is 1.46 bits per heavy atom. The van der Waals surface area contributed by atoms with Crippen molar-refractivity contribution in [1.82, 2.24) is 37.9 Å². The Kier molecular flexibility index (Phi) is 7.29. The van der Waals surface area contributed by atoms with Crippen molar-refractivity contribution in [3.63, 3.8) is 0 Å². The van der Waals surface area contributed by atoms with Crippen LogP contribution in [0.3, 0.4) is 0 Å². The molecule has 238 valence electrons. The predicted molar refractivity (Wildman–Crippen MR) is 203 cm³/mol. The number of fused-ring (bicyclic) bond motifs is 8. The zero-order valence-electron chi connectivity index (χ0n) is 29.6. The molecule has 8 bridgehead atoms. The van der Waals surface area contributed by atoms with Gasteiger partial charge in [-0.25, -0.2) is 9.97 Å². The highest BCUT2D eigenvalue weighted by Gasteiger charge is 2.45. The summed E-state index contributed by atoms with van der Waals surface area (Å²) in [7, 11) is 27.4. The second kappa shape index (κ2) is 10.6. The van der Waals surface area contributed by atoms with Gasteiger partial charge in [0.1, 0.15) is 0 Å². The first-order valence-corrected chi connectivity index (χ1v) is 15.9. The molecule has 0 unspecified atom stereocenters. The minimum Gasteiger partial charge on any atom is -0.355 e. The maximum atomic E-state index is 5.27. The average molecular weight is 619 g/mol. The van der Waals surface area contributed by atoms with Gasteiger partial charge in [0.05, 0.1) is 113 Å². The van der Waals surface area contributed by atoms with Crippen molar-refractivity contribution < 1.29 is 0 Å². The number of aromatic amines is 2. The fourth-order valence-corrected chi connectivity index (χ4v) is 6.60. The van der Waals surface area contributed by atoms with Gasteiger partial charge in [-0.05, 0) is 66.8 Å². The number of H-pyrrole nitrogens is 2. The number of rotatable bonds is 5. The lowest BCUT2D eigenvalue weighted by Crippen LogP contribution is -2.47. The molecule has 0 spiro atoms. The average Bonchev–Trinajstić information content (AvgIpc) is 3.72. The largest absolute Gasteiger partial charge is 0.355 e. The highest BCUT2D eigenvalue weighted by Crippen LogP contribution is 2.55. The number of benzene rings is 1. The van der Waals surface area contributed by atoms with E-state index in [-0.39, 0.29) is 0 Å². The molecule has 0 amide bonds. The van der Waals surface area contributed by atoms with Gasteiger partial charge in [-0.15, -0.1) is 0 Å². The predicted octanol–water partition coefficient (Wildman–Crippen LogP) is 7.11. The quantitative estimate of drug-likeness (QED) is 0.202. The molecule has 6 rings (SSSR count). The van der Waals surface area contributed by atoms with Crippen LogP contribution in [-0.4, -0.2) is 105 Å². The van der Waals surface area contributed by atoms with Crippen molar-refractivity contribution in [2.75, 3.05) is 84.6 Å². The minimum absolute atomic E-state index is 0.648. The number of nitrogens with one attached hydrogen (secondary N) is 2. The van der Waals surface area contributed by atoms with Crippen LogP contribution in [0.4, 0.5) is 22.7 Å². The first-order valence-electron chi connectivity index (χ1n) is 15.9. The third kappa shape index (κ3) is 5.97. The molecule has 8 heteroatoms. The van der Waals surface area contributed by atoms with Crippen LogP contribution >= 0.6 is 0 Å². The fraction of sp³-hybridized carbons (Fsp3) is 0.316. The lowest BCUT2D eigenvalue weighted by atomic mass is 9.94. The van der Waals surface area contributed by atoms with E-state index in [1.54, 1.807) is 0 Å². The Balaban J connectivity index is 1.85. The summed E-state index contributed by atoms with van der Waals surface area (Å²) in [5.41, 5.74) is 15.2. The molecule has 5 heterocycles. The molecule has 46 heavy (non-hydrogen) atoms. The fourth-order valence-electron chi connectivity index (χ4n) is 6.60. The van der Waals surface area contributed by atoms with E-state index in [1.807, 2.05) is 0 Å². The molecule has 0 atom stereocenters. The highest BCUT2D eigenvalue weighted by atomic mass is 15.4. The summed E-state index contributed by atoms with van der Waals surface area (Å²) in [5, 5.41) is 0. The van der Waals surface area contributed by atoms with Crippen LogP contribution in [0.15, 0.2) is 48.5 Å². The van der Waals surface area contributed by atoms with E-state index < -0.39 is 0 Å². The topological polar surface area (TPSA) is 57.4 Å². The van der Waals surface area contributed by atoms with Crippen molar-refractivity contribution in [1.29, 1.82) is 0 Å². The molecular formula is C38H50N8+4. The Bertz CT molecular complexity index is 2080. The summed E-state index contributed by atoms with van der Waals surface area (Å²) in [6, 6.07) is 17.2. The summed E-state index contributed by atoms with van der Waals surface area (Å²) >= 11 is 0. The molecule has 8 nitrogen and oxygen atoms in total. The van der Waals surface area contributed by atoms with Crippen LogP contribution in [0.2, 0.25) is 0 Å². The summed E-state index contributed by atoms with van der Waals surface area (Å²) in [6.07, 6.45) is 8.40. The molecule has 1 aromatic carbocycles. The van der Waals surface area contributed by atoms with Crippen molar-refractivity contribution in [2.24, 2.45) is 0 Å². The number of nitrogens with zero attached hydrogens (tertiary/aromatic N) is 6. The van der Waals surface area contributed by atoms with Crippen LogP contribution < -0.4 is 17.9 Å². The first-order chi connectivity index (χ1) is 21.3. The van der Waals surface area contributed by atoms with E-state index in [2.05, 4.69) is 167 Å². The molecule has 0 saturated heterocycles. The molecule has 0 fully saturated rings. The van der Waals surface area contributed by atoms with Gasteiger partial charge >= 0.3 is 0 Å². The van der Waals surface area contributed by atoms with Crippen molar-refractivity contribution in [2.45, 2.75) is 0 Å². The Morgan fingerprint density at radius 2 is 0.935 bits per heavy atom. The second-order valence-corrected chi connectivity index (χ2v) is 16.1. The maximum Gasteiger partial charge on any atom is 0.262 e. The van der Waals surface area contributed by atoms with Gasteiger partial charge in [0, 0.05) is 33.7 Å². The minimum atomic E-state index is 0.648. The van der Waals surface area contributed by atoms with Crippen LogP contribution in [0.1, 0.15) is 22.8 Å². The summed E-state index contributed by atoms with van der Waals surface area (Å²) in [5.74, 6) is 0. The van der Waals surface area contributed by atoms with Gasteiger partial charge in [0.15, 0.2) is 0 Å². The van der Waals surface area contributed by atoms with Gasteiger partial charge < -0.3 is 9.97 Å². The molecule has 0 saturated carbocycles. The van der Waals surface area contributed by atoms with E-state index in [1.165, 1.54) is 28.3 Å². The maximum absolute atomic E-state index is 5.27. The monoisotopic (exact) mass is 618 g/mol. The summed E-state index contributed by atoms with van der Waals surface area (Å²) < 4.78 is 2.72. The van der Waals surface area contributed by atoms with Gasteiger partial charge in [0.25, 0.3) is 11.4 Å². The molecule has 2 aliphatic rings. The van der Waals surface area contributed by atoms with Crippen LogP contribution in [0.5, 0.6) is 0 Å². The van der Waals surface area contributed by atoms with E-state index in [9.17, 15) is 0 Å². The van der Waals surface area contributed by atoms with Crippen LogP contribution in [0, 0.1) is 0 Å². The normalized spacial score (nSPS) is 13.9. The van der Waals surface area contributed by atoms with E-state index >= 15 is 0 Å². The third-order valence-electron chi connectivity index (χ3n) is 8.45. The Labute approximate surface area is 273 Å². The van der Waals surface area contributed by atoms with Gasteiger partial charge in [-0.3, -0.25) is 17.9 Å². The summed E-state index contributed by atoms with van der Waals surface area (Å²) in [4.78, 5) is 17.4. The van der Waals surface area contributed by atoms with Gasteiger partial charge in [-0.1, -0.05) is 0 Å². The molecule has 0 radical (unpaired) electrons. The van der Waals surface area contributed by atoms with Crippen molar-refractivity contribution >= 4 is 69.1 Å². The number of hydrogen-bond donors (Lipinski definition) is 2. The zero-order chi connectivity index (χ0) is 33.4. The Morgan fingerprint density at radius 1 is 0.457 bits per heavy atom. The summed E-state index contributed by atoms with van der Waals surface area (Å²) in [6.45, 7) is 0. The molecule has 4 aromatic rings. The molecule has 2 aliphatic heterocycles. The van der Waals surface area contributed by atoms with Crippen LogP contribution in [0.25, 0.3) is 57.5 Å². The third-order valence-corrected chi connectivity index (χ3v) is 8.45. The Hall–Kier alpha value is -4.34. The second-order valence-electron chi connectivity index (χ2n) is 16.1. The van der Waals surface area contributed by atoms with E-state index in [0.717, 1.165) is 50.4 Å². The highest BCUT2D eigenvalue weighted by molar-refractivity contribution is 6.03. The molecular weight excluding hydrogens is 568 g/mol. The van der Waals surface area contributed by atoms with Gasteiger partial charge in [0.2, 0.25) is 11.4 Å². The van der Waals surface area contributed by atoms with Crippen molar-refractivity contribution in [3.8, 4) is 11.1 Å². The number of aromatic nitrogens is 4. The van der Waals surface area contributed by atoms with E-state index in [4.69, 9.17) is 9.97 Å². The SMILES string of the molecule is C[N+](C)(C)c1cc(-c2c3nc(cc4ccc(cc5nc(cc6ccc2[nH]6)C=C5)[nH]4)C=C3)c([N+](C)(C)C)c([N+](C)(C)C)c1[N+](C)(C)C. The van der Waals surface area contributed by atoms with E-state index in [0.29, 0.717) is 17.9 Å². The van der Waals surface area contributed by atoms with Crippen LogP contribution in [-0.2, 0) is 0 Å².